The first kappa shape index (κ1) is 15.5. The Balaban J connectivity index is 1.93. The molecule has 2 aromatic rings. The Labute approximate surface area is 130 Å². The predicted octanol–water partition coefficient (Wildman–Crippen LogP) is 3.03. The molecule has 0 unspecified atom stereocenters. The van der Waals surface area contributed by atoms with Crippen LogP contribution in [-0.2, 0) is 6.42 Å². The number of rotatable bonds is 7. The summed E-state index contributed by atoms with van der Waals surface area (Å²) in [5, 5.41) is 12.1. The van der Waals surface area contributed by atoms with E-state index in [1.54, 1.807) is 6.20 Å². The molecule has 5 nitrogen and oxygen atoms in total. The zero-order valence-corrected chi connectivity index (χ0v) is 13.1. The number of nitrogens with zero attached hydrogens (tertiary/aromatic N) is 4. The second-order valence-electron chi connectivity index (χ2n) is 4.62. The average Bonchev–Trinajstić information content (AvgIpc) is 2.49. The lowest BCUT2D eigenvalue weighted by Gasteiger charge is -2.18. The van der Waals surface area contributed by atoms with Crippen molar-refractivity contribution in [1.29, 1.82) is 0 Å². The van der Waals surface area contributed by atoms with E-state index in [9.17, 15) is 0 Å². The van der Waals surface area contributed by atoms with Gasteiger partial charge in [0.05, 0.1) is 6.20 Å². The minimum atomic E-state index is 0.660. The first-order chi connectivity index (χ1) is 10.2. The molecule has 21 heavy (non-hydrogen) atoms. The molecule has 1 aromatic heterocycles. The van der Waals surface area contributed by atoms with Crippen LogP contribution in [0.25, 0.3) is 0 Å². The fourth-order valence-electron chi connectivity index (χ4n) is 2.05. The average molecular weight is 306 g/mol. The second-order valence-corrected chi connectivity index (χ2v) is 5.06. The van der Waals surface area contributed by atoms with E-state index < -0.39 is 0 Å². The molecule has 0 aliphatic heterocycles. The van der Waals surface area contributed by atoms with E-state index in [0.717, 1.165) is 36.9 Å². The third kappa shape index (κ3) is 4.56. The third-order valence-electron chi connectivity index (χ3n) is 3.20. The molecule has 0 saturated carbocycles. The van der Waals surface area contributed by atoms with Gasteiger partial charge in [-0.1, -0.05) is 23.7 Å². The van der Waals surface area contributed by atoms with Crippen LogP contribution in [0.5, 0.6) is 0 Å². The van der Waals surface area contributed by atoms with E-state index >= 15 is 0 Å². The van der Waals surface area contributed by atoms with Gasteiger partial charge in [0.1, 0.15) is 0 Å². The van der Waals surface area contributed by atoms with Crippen LogP contribution in [0.1, 0.15) is 19.4 Å². The highest BCUT2D eigenvalue weighted by atomic mass is 35.5. The van der Waals surface area contributed by atoms with Crippen molar-refractivity contribution in [2.75, 3.05) is 29.9 Å². The molecule has 0 fully saturated rings. The fourth-order valence-corrected chi connectivity index (χ4v) is 2.26. The number of anilines is 2. The number of nitrogens with one attached hydrogen (secondary N) is 1. The monoisotopic (exact) mass is 305 g/mol. The maximum Gasteiger partial charge on any atom is 0.247 e. The van der Waals surface area contributed by atoms with Gasteiger partial charge in [-0.2, -0.15) is 10.1 Å². The summed E-state index contributed by atoms with van der Waals surface area (Å²) in [5.74, 6) is 1.40. The van der Waals surface area contributed by atoms with Crippen molar-refractivity contribution in [3.05, 3.63) is 41.0 Å². The highest BCUT2D eigenvalue weighted by Gasteiger charge is 2.06. The van der Waals surface area contributed by atoms with Crippen molar-refractivity contribution in [3.8, 4) is 0 Å². The van der Waals surface area contributed by atoms with Crippen molar-refractivity contribution >= 4 is 23.4 Å². The SMILES string of the molecule is CCN(CC)c1nncc(NCCc2cccc(Cl)c2)n1. The minimum absolute atomic E-state index is 0.660. The van der Waals surface area contributed by atoms with E-state index in [-0.39, 0.29) is 0 Å². The Bertz CT molecular complexity index is 571. The molecular formula is C15H20ClN5. The quantitative estimate of drug-likeness (QED) is 0.852. The van der Waals surface area contributed by atoms with Crippen LogP contribution in [0.3, 0.4) is 0 Å². The number of hydrogen-bond donors (Lipinski definition) is 1. The molecular weight excluding hydrogens is 286 g/mol. The van der Waals surface area contributed by atoms with E-state index in [4.69, 9.17) is 11.6 Å². The van der Waals surface area contributed by atoms with E-state index in [1.807, 2.05) is 18.2 Å². The van der Waals surface area contributed by atoms with Crippen LogP contribution >= 0.6 is 11.6 Å². The van der Waals surface area contributed by atoms with Crippen LogP contribution in [0.15, 0.2) is 30.5 Å². The number of halogens is 1. The van der Waals surface area contributed by atoms with Crippen LogP contribution in [-0.4, -0.2) is 34.8 Å². The number of aromatic nitrogens is 3. The lowest BCUT2D eigenvalue weighted by molar-refractivity contribution is 0.793. The Morgan fingerprint density at radius 3 is 2.76 bits per heavy atom. The number of hydrogen-bond acceptors (Lipinski definition) is 5. The molecule has 0 bridgehead atoms. The zero-order chi connectivity index (χ0) is 15.1. The molecule has 6 heteroatoms. The summed E-state index contributed by atoms with van der Waals surface area (Å²) in [6.45, 7) is 6.66. The van der Waals surface area contributed by atoms with Gasteiger partial charge in [-0.3, -0.25) is 0 Å². The van der Waals surface area contributed by atoms with Crippen LogP contribution < -0.4 is 10.2 Å². The number of benzene rings is 1. The first-order valence-electron chi connectivity index (χ1n) is 7.16. The van der Waals surface area contributed by atoms with E-state index in [1.165, 1.54) is 5.56 Å². The van der Waals surface area contributed by atoms with Crippen molar-refractivity contribution in [1.82, 2.24) is 15.2 Å². The Hall–Kier alpha value is -1.88. The molecule has 0 spiro atoms. The minimum Gasteiger partial charge on any atom is -0.368 e. The largest absolute Gasteiger partial charge is 0.368 e. The molecule has 0 amide bonds. The molecule has 0 radical (unpaired) electrons. The molecule has 2 rings (SSSR count). The van der Waals surface area contributed by atoms with Crippen molar-refractivity contribution < 1.29 is 0 Å². The van der Waals surface area contributed by atoms with Gasteiger partial charge in [-0.25, -0.2) is 0 Å². The molecule has 1 aromatic carbocycles. The van der Waals surface area contributed by atoms with E-state index in [0.29, 0.717) is 5.95 Å². The summed E-state index contributed by atoms with van der Waals surface area (Å²) in [6.07, 6.45) is 2.52. The van der Waals surface area contributed by atoms with Gasteiger partial charge >= 0.3 is 0 Å². The third-order valence-corrected chi connectivity index (χ3v) is 3.44. The van der Waals surface area contributed by atoms with Crippen LogP contribution in [0, 0.1) is 0 Å². The van der Waals surface area contributed by atoms with Crippen molar-refractivity contribution in [2.45, 2.75) is 20.3 Å². The van der Waals surface area contributed by atoms with Gasteiger partial charge in [0, 0.05) is 24.7 Å². The predicted molar refractivity (Wildman–Crippen MR) is 87.0 cm³/mol. The Morgan fingerprint density at radius 1 is 1.24 bits per heavy atom. The smallest absolute Gasteiger partial charge is 0.247 e. The van der Waals surface area contributed by atoms with Crippen molar-refractivity contribution in [3.63, 3.8) is 0 Å². The topological polar surface area (TPSA) is 53.9 Å². The molecule has 1 heterocycles. The van der Waals surface area contributed by atoms with Crippen LogP contribution in [0.2, 0.25) is 5.02 Å². The maximum absolute atomic E-state index is 5.97. The van der Waals surface area contributed by atoms with Gasteiger partial charge in [-0.15, -0.1) is 5.10 Å². The maximum atomic E-state index is 5.97. The Kier molecular flexibility index (Phi) is 5.75. The van der Waals surface area contributed by atoms with E-state index in [2.05, 4.69) is 45.3 Å². The lowest BCUT2D eigenvalue weighted by Crippen LogP contribution is -2.25. The van der Waals surface area contributed by atoms with Crippen molar-refractivity contribution in [2.24, 2.45) is 0 Å². The summed E-state index contributed by atoms with van der Waals surface area (Å²) in [6, 6.07) is 7.88. The molecule has 0 atom stereocenters. The van der Waals surface area contributed by atoms with Gasteiger partial charge in [-0.05, 0) is 38.0 Å². The second kappa shape index (κ2) is 7.78. The molecule has 0 aliphatic carbocycles. The summed E-state index contributed by atoms with van der Waals surface area (Å²) >= 11 is 5.97. The zero-order valence-electron chi connectivity index (χ0n) is 12.4. The van der Waals surface area contributed by atoms with Gasteiger partial charge in [0.15, 0.2) is 5.82 Å². The summed E-state index contributed by atoms with van der Waals surface area (Å²) in [4.78, 5) is 6.54. The fraction of sp³-hybridized carbons (Fsp3) is 0.400. The van der Waals surface area contributed by atoms with Gasteiger partial charge in [0.25, 0.3) is 0 Å². The normalized spacial score (nSPS) is 10.4. The molecule has 112 valence electrons. The highest BCUT2D eigenvalue weighted by molar-refractivity contribution is 6.30. The summed E-state index contributed by atoms with van der Waals surface area (Å²) in [7, 11) is 0. The van der Waals surface area contributed by atoms with Crippen LogP contribution in [0.4, 0.5) is 11.8 Å². The molecule has 0 aliphatic rings. The summed E-state index contributed by atoms with van der Waals surface area (Å²) < 4.78 is 0. The lowest BCUT2D eigenvalue weighted by atomic mass is 10.1. The van der Waals surface area contributed by atoms with Gasteiger partial charge < -0.3 is 10.2 Å². The Morgan fingerprint density at radius 2 is 2.05 bits per heavy atom. The first-order valence-corrected chi connectivity index (χ1v) is 7.53. The van der Waals surface area contributed by atoms with Gasteiger partial charge in [0.2, 0.25) is 5.95 Å². The highest BCUT2D eigenvalue weighted by Crippen LogP contribution is 2.12. The summed E-state index contributed by atoms with van der Waals surface area (Å²) in [5.41, 5.74) is 1.20. The molecule has 0 saturated heterocycles. The molecule has 1 N–H and O–H groups in total. The standard InChI is InChI=1S/C15H20ClN5/c1-3-21(4-2)15-19-14(11-18-20-15)17-9-8-12-6-5-7-13(16)10-12/h5-7,10-11H,3-4,8-9H2,1-2H3,(H,17,19,20).